The van der Waals surface area contributed by atoms with Crippen LogP contribution in [0, 0.1) is 5.82 Å². The second-order valence-electron chi connectivity index (χ2n) is 5.21. The minimum absolute atomic E-state index is 0.00987. The first-order valence-corrected chi connectivity index (χ1v) is 7.09. The second-order valence-corrected chi connectivity index (χ2v) is 5.21. The van der Waals surface area contributed by atoms with E-state index in [1.54, 1.807) is 36.4 Å². The maximum absolute atomic E-state index is 13.6. The van der Waals surface area contributed by atoms with E-state index in [0.29, 0.717) is 11.3 Å². The summed E-state index contributed by atoms with van der Waals surface area (Å²) in [7, 11) is 0. The van der Waals surface area contributed by atoms with Crippen molar-refractivity contribution in [3.8, 4) is 5.75 Å². The zero-order valence-electron chi connectivity index (χ0n) is 12.4. The molecule has 23 heavy (non-hydrogen) atoms. The SMILES string of the molecule is CC(=O)Nc1ccc(/C=C2\COc3c(F)cccc3C2=O)cc1. The summed E-state index contributed by atoms with van der Waals surface area (Å²) in [5.41, 5.74) is 2.16. The minimum Gasteiger partial charge on any atom is -0.485 e. The molecule has 1 amide bonds. The molecule has 4 nitrogen and oxygen atoms in total. The number of ketones is 1. The molecule has 3 rings (SSSR count). The number of carbonyl (C=O) groups is 2. The highest BCUT2D eigenvalue weighted by Gasteiger charge is 2.25. The third kappa shape index (κ3) is 3.13. The van der Waals surface area contributed by atoms with E-state index in [9.17, 15) is 14.0 Å². The van der Waals surface area contributed by atoms with Crippen molar-refractivity contribution in [3.05, 3.63) is 65.0 Å². The predicted octanol–water partition coefficient (Wildman–Crippen LogP) is 3.44. The van der Waals surface area contributed by atoms with Gasteiger partial charge in [0, 0.05) is 18.2 Å². The van der Waals surface area contributed by atoms with Gasteiger partial charge < -0.3 is 10.1 Å². The molecule has 0 saturated heterocycles. The number of halogens is 1. The molecule has 2 aromatic carbocycles. The lowest BCUT2D eigenvalue weighted by molar-refractivity contribution is -0.114. The van der Waals surface area contributed by atoms with Crippen LogP contribution in [0.25, 0.3) is 6.08 Å². The Kier molecular flexibility index (Phi) is 3.93. The first-order chi connectivity index (χ1) is 11.0. The number of rotatable bonds is 2. The molecular weight excluding hydrogens is 297 g/mol. The van der Waals surface area contributed by atoms with E-state index in [4.69, 9.17) is 4.74 Å². The Labute approximate surface area is 132 Å². The number of ether oxygens (including phenoxy) is 1. The van der Waals surface area contributed by atoms with Gasteiger partial charge in [-0.05, 0) is 35.9 Å². The van der Waals surface area contributed by atoms with Crippen LogP contribution >= 0.6 is 0 Å². The van der Waals surface area contributed by atoms with Gasteiger partial charge in [0.05, 0.1) is 5.56 Å². The number of nitrogens with one attached hydrogen (secondary N) is 1. The predicted molar refractivity (Wildman–Crippen MR) is 84.9 cm³/mol. The summed E-state index contributed by atoms with van der Waals surface area (Å²) in [6.45, 7) is 1.46. The number of carbonyl (C=O) groups excluding carboxylic acids is 2. The lowest BCUT2D eigenvalue weighted by Gasteiger charge is -2.19. The zero-order valence-corrected chi connectivity index (χ0v) is 12.4. The van der Waals surface area contributed by atoms with Crippen LogP contribution in [-0.2, 0) is 4.79 Å². The van der Waals surface area contributed by atoms with E-state index in [-0.39, 0.29) is 29.6 Å². The monoisotopic (exact) mass is 311 g/mol. The second kappa shape index (κ2) is 6.04. The molecule has 0 fully saturated rings. The molecule has 0 bridgehead atoms. The van der Waals surface area contributed by atoms with Crippen LogP contribution in [0.2, 0.25) is 0 Å². The molecule has 0 aliphatic carbocycles. The van der Waals surface area contributed by atoms with Gasteiger partial charge in [0.25, 0.3) is 0 Å². The summed E-state index contributed by atoms with van der Waals surface area (Å²) >= 11 is 0. The first kappa shape index (κ1) is 15.0. The zero-order chi connectivity index (χ0) is 16.4. The fourth-order valence-electron chi connectivity index (χ4n) is 2.40. The summed E-state index contributed by atoms with van der Waals surface area (Å²) in [5.74, 6) is -0.910. The Hall–Kier alpha value is -2.95. The molecule has 0 spiro atoms. The Bertz CT molecular complexity index is 810. The molecule has 1 heterocycles. The van der Waals surface area contributed by atoms with Gasteiger partial charge in [0.1, 0.15) is 6.61 Å². The van der Waals surface area contributed by atoms with Crippen molar-refractivity contribution in [2.75, 3.05) is 11.9 Å². The van der Waals surface area contributed by atoms with E-state index >= 15 is 0 Å². The molecule has 0 radical (unpaired) electrons. The van der Waals surface area contributed by atoms with Gasteiger partial charge in [-0.1, -0.05) is 18.2 Å². The fourth-order valence-corrected chi connectivity index (χ4v) is 2.40. The number of para-hydroxylation sites is 1. The summed E-state index contributed by atoms with van der Waals surface area (Å²) < 4.78 is 19.0. The molecule has 2 aromatic rings. The largest absolute Gasteiger partial charge is 0.485 e. The lowest BCUT2D eigenvalue weighted by Crippen LogP contribution is -2.19. The number of hydrogen-bond donors (Lipinski definition) is 1. The van der Waals surface area contributed by atoms with Crippen LogP contribution in [-0.4, -0.2) is 18.3 Å². The summed E-state index contributed by atoms with van der Waals surface area (Å²) in [6, 6.07) is 11.4. The van der Waals surface area contributed by atoms with Crippen molar-refractivity contribution in [3.63, 3.8) is 0 Å². The topological polar surface area (TPSA) is 55.4 Å². The summed E-state index contributed by atoms with van der Waals surface area (Å²) in [6.07, 6.45) is 1.70. The maximum atomic E-state index is 13.6. The Morgan fingerprint density at radius 2 is 1.96 bits per heavy atom. The van der Waals surface area contributed by atoms with Gasteiger partial charge in [0.2, 0.25) is 5.91 Å². The van der Waals surface area contributed by atoms with Gasteiger partial charge in [-0.15, -0.1) is 0 Å². The molecule has 1 aliphatic rings. The normalized spacial score (nSPS) is 15.0. The highest BCUT2D eigenvalue weighted by atomic mass is 19.1. The molecule has 0 unspecified atom stereocenters. The average Bonchev–Trinajstić information content (AvgIpc) is 2.52. The maximum Gasteiger partial charge on any atom is 0.221 e. The van der Waals surface area contributed by atoms with Crippen LogP contribution < -0.4 is 10.1 Å². The molecule has 1 N–H and O–H groups in total. The number of anilines is 1. The van der Waals surface area contributed by atoms with Crippen molar-refractivity contribution < 1.29 is 18.7 Å². The average molecular weight is 311 g/mol. The van der Waals surface area contributed by atoms with E-state index in [1.807, 2.05) is 0 Å². The third-order valence-electron chi connectivity index (χ3n) is 3.45. The molecule has 1 aliphatic heterocycles. The van der Waals surface area contributed by atoms with E-state index < -0.39 is 5.82 Å². The first-order valence-electron chi connectivity index (χ1n) is 7.09. The van der Waals surface area contributed by atoms with Crippen molar-refractivity contribution in [2.45, 2.75) is 6.92 Å². The molecule has 0 aromatic heterocycles. The molecule has 5 heteroatoms. The molecular formula is C18H14FNO3. The Morgan fingerprint density at radius 3 is 2.65 bits per heavy atom. The highest BCUT2D eigenvalue weighted by molar-refractivity contribution is 6.14. The third-order valence-corrected chi connectivity index (χ3v) is 3.45. The molecule has 0 saturated carbocycles. The van der Waals surface area contributed by atoms with Gasteiger partial charge in [-0.2, -0.15) is 0 Å². The number of hydrogen-bond acceptors (Lipinski definition) is 3. The number of benzene rings is 2. The minimum atomic E-state index is -0.533. The van der Waals surface area contributed by atoms with Crippen molar-refractivity contribution >= 4 is 23.5 Å². The van der Waals surface area contributed by atoms with Crippen LogP contribution in [0.5, 0.6) is 5.75 Å². The lowest BCUT2D eigenvalue weighted by atomic mass is 9.98. The van der Waals surface area contributed by atoms with Gasteiger partial charge in [0.15, 0.2) is 17.3 Å². The number of amides is 1. The quantitative estimate of drug-likeness (QED) is 0.864. The van der Waals surface area contributed by atoms with E-state index in [2.05, 4.69) is 5.32 Å². The van der Waals surface area contributed by atoms with E-state index in [0.717, 1.165) is 5.56 Å². The molecule has 116 valence electrons. The number of fused-ring (bicyclic) bond motifs is 1. The van der Waals surface area contributed by atoms with Gasteiger partial charge >= 0.3 is 0 Å². The highest BCUT2D eigenvalue weighted by Crippen LogP contribution is 2.30. The van der Waals surface area contributed by atoms with Crippen LogP contribution in [0.15, 0.2) is 48.0 Å². The Morgan fingerprint density at radius 1 is 1.22 bits per heavy atom. The summed E-state index contributed by atoms with van der Waals surface area (Å²) in [5, 5.41) is 2.67. The van der Waals surface area contributed by atoms with Crippen LogP contribution in [0.1, 0.15) is 22.8 Å². The fraction of sp³-hybridized carbons (Fsp3) is 0.111. The Balaban J connectivity index is 1.86. The van der Waals surface area contributed by atoms with Crippen LogP contribution in [0.4, 0.5) is 10.1 Å². The van der Waals surface area contributed by atoms with Gasteiger partial charge in [-0.3, -0.25) is 9.59 Å². The van der Waals surface area contributed by atoms with Crippen molar-refractivity contribution in [2.24, 2.45) is 0 Å². The number of Topliss-reactive ketones (excluding diaryl/α,β-unsaturated/α-hetero) is 1. The standard InChI is InChI=1S/C18H14FNO3/c1-11(21)20-14-7-5-12(6-8-14)9-13-10-23-18-15(17(13)22)3-2-4-16(18)19/h2-9H,10H2,1H3,(H,20,21)/b13-9+. The van der Waals surface area contributed by atoms with Crippen molar-refractivity contribution in [1.82, 2.24) is 0 Å². The van der Waals surface area contributed by atoms with E-state index in [1.165, 1.54) is 19.1 Å². The summed E-state index contributed by atoms with van der Waals surface area (Å²) in [4.78, 5) is 23.4. The smallest absolute Gasteiger partial charge is 0.221 e. The van der Waals surface area contributed by atoms with Gasteiger partial charge in [-0.25, -0.2) is 4.39 Å². The molecule has 0 atom stereocenters. The van der Waals surface area contributed by atoms with Crippen molar-refractivity contribution in [1.29, 1.82) is 0 Å². The van der Waals surface area contributed by atoms with Crippen LogP contribution in [0.3, 0.4) is 0 Å².